The number of rotatable bonds is 6. The van der Waals surface area contributed by atoms with Gasteiger partial charge in [-0.3, -0.25) is 9.59 Å². The van der Waals surface area contributed by atoms with Crippen LogP contribution in [0.5, 0.6) is 0 Å². The van der Waals surface area contributed by atoms with Crippen LogP contribution in [0.3, 0.4) is 0 Å². The Morgan fingerprint density at radius 2 is 0.711 bits per heavy atom. The number of carbonyl (C=O) groups excluding carboxylic acids is 2. The van der Waals surface area contributed by atoms with Crippen LogP contribution in [0.4, 0.5) is 0 Å². The first-order valence-electron chi connectivity index (χ1n) is 10.3. The number of carbonyl (C=O) groups is 2. The number of hydrogen-bond donors (Lipinski definition) is 0. The third kappa shape index (κ3) is 9.06. The average Bonchev–Trinajstić information content (AvgIpc) is 2.88. The van der Waals surface area contributed by atoms with E-state index in [0.717, 1.165) is 12.1 Å². The van der Waals surface area contributed by atoms with Crippen LogP contribution in [0.15, 0.2) is 119 Å². The van der Waals surface area contributed by atoms with E-state index in [9.17, 15) is 35.5 Å². The van der Waals surface area contributed by atoms with Crippen LogP contribution in [0.25, 0.3) is 0 Å². The van der Waals surface area contributed by atoms with Crippen LogP contribution in [0, 0.1) is 0 Å². The van der Waals surface area contributed by atoms with Crippen molar-refractivity contribution in [1.82, 2.24) is 0 Å². The molecule has 0 spiro atoms. The Balaban J connectivity index is 0.000000361. The molecular formula is C26H18Na2O8S2. The third-order valence-corrected chi connectivity index (χ3v) is 6.66. The molecule has 0 amide bonds. The van der Waals surface area contributed by atoms with Crippen molar-refractivity contribution in [3.8, 4) is 0 Å². The van der Waals surface area contributed by atoms with Gasteiger partial charge in [0.2, 0.25) is 0 Å². The van der Waals surface area contributed by atoms with E-state index in [1.54, 1.807) is 60.7 Å². The molecule has 0 aliphatic carbocycles. The maximum atomic E-state index is 12.1. The first-order chi connectivity index (χ1) is 17.0. The number of ketones is 2. The topological polar surface area (TPSA) is 149 Å². The SMILES string of the molecule is O=C(c1ccccc1)c1ccccc1S(=O)(=O)[O-].O=C(c1ccccc1)c1ccccc1S(=O)(=O)[O-].[Na+].[Na+]. The van der Waals surface area contributed by atoms with Gasteiger partial charge in [-0.15, -0.1) is 0 Å². The zero-order valence-corrected chi connectivity index (χ0v) is 26.1. The fourth-order valence-electron chi connectivity index (χ4n) is 3.23. The van der Waals surface area contributed by atoms with Gasteiger partial charge in [0.05, 0.1) is 9.79 Å². The van der Waals surface area contributed by atoms with E-state index in [2.05, 4.69) is 0 Å². The first kappa shape index (κ1) is 34.1. The van der Waals surface area contributed by atoms with E-state index < -0.39 is 41.6 Å². The summed E-state index contributed by atoms with van der Waals surface area (Å²) >= 11 is 0. The van der Waals surface area contributed by atoms with Crippen molar-refractivity contribution >= 4 is 31.8 Å². The Hall–Kier alpha value is -1.96. The van der Waals surface area contributed by atoms with E-state index in [1.807, 2.05) is 0 Å². The quantitative estimate of drug-likeness (QED) is 0.143. The van der Waals surface area contributed by atoms with E-state index >= 15 is 0 Å². The molecule has 4 aromatic carbocycles. The molecule has 0 heterocycles. The molecule has 0 atom stereocenters. The Labute approximate surface area is 265 Å². The van der Waals surface area contributed by atoms with Gasteiger partial charge in [-0.1, -0.05) is 84.9 Å². The fraction of sp³-hybridized carbons (Fsp3) is 0. The molecule has 12 heteroatoms. The third-order valence-electron chi connectivity index (χ3n) is 4.87. The van der Waals surface area contributed by atoms with Crippen molar-refractivity contribution < 1.29 is 94.6 Å². The van der Waals surface area contributed by atoms with Gasteiger partial charge in [0.15, 0.2) is 11.6 Å². The molecule has 0 unspecified atom stereocenters. The zero-order valence-electron chi connectivity index (χ0n) is 20.5. The monoisotopic (exact) mass is 568 g/mol. The second-order valence-electron chi connectivity index (χ2n) is 7.29. The minimum absolute atomic E-state index is 0. The minimum Gasteiger partial charge on any atom is -0.744 e. The van der Waals surface area contributed by atoms with Crippen molar-refractivity contribution in [3.05, 3.63) is 131 Å². The summed E-state index contributed by atoms with van der Waals surface area (Å²) in [5, 5.41) is 0. The molecule has 0 bridgehead atoms. The molecule has 4 aromatic rings. The largest absolute Gasteiger partial charge is 1.00 e. The second-order valence-corrected chi connectivity index (χ2v) is 9.99. The van der Waals surface area contributed by atoms with E-state index in [4.69, 9.17) is 0 Å². The second kappa shape index (κ2) is 15.0. The van der Waals surface area contributed by atoms with Gasteiger partial charge >= 0.3 is 59.1 Å². The first-order valence-corrected chi connectivity index (χ1v) is 13.1. The number of hydrogen-bond acceptors (Lipinski definition) is 8. The standard InChI is InChI=1S/2C13H10O4S.2Na/c2*14-13(10-6-2-1-3-7-10)11-8-4-5-9-12(11)18(15,16)17;;/h2*1-9H,(H,15,16,17);;/q;;2*+1/p-2. The predicted molar refractivity (Wildman–Crippen MR) is 129 cm³/mol. The molecule has 4 rings (SSSR count). The van der Waals surface area contributed by atoms with Gasteiger partial charge < -0.3 is 9.11 Å². The zero-order chi connectivity index (χ0) is 26.3. The maximum Gasteiger partial charge on any atom is 1.00 e. The van der Waals surface area contributed by atoms with Crippen LogP contribution in [0.1, 0.15) is 31.8 Å². The summed E-state index contributed by atoms with van der Waals surface area (Å²) in [7, 11) is -9.31. The van der Waals surface area contributed by atoms with Crippen LogP contribution in [0.2, 0.25) is 0 Å². The Kier molecular flexibility index (Phi) is 13.4. The van der Waals surface area contributed by atoms with Gasteiger partial charge in [-0.2, -0.15) is 0 Å². The Bertz CT molecular complexity index is 1480. The summed E-state index contributed by atoms with van der Waals surface area (Å²) in [5.41, 5.74) is 0.486. The summed E-state index contributed by atoms with van der Waals surface area (Å²) in [5.74, 6) is -0.962. The van der Waals surface area contributed by atoms with Crippen molar-refractivity contribution in [2.24, 2.45) is 0 Å². The molecule has 38 heavy (non-hydrogen) atoms. The molecule has 0 saturated carbocycles. The van der Waals surface area contributed by atoms with Crippen LogP contribution in [-0.4, -0.2) is 37.5 Å². The summed E-state index contributed by atoms with van der Waals surface area (Å²) in [6.07, 6.45) is 0. The molecular weight excluding hydrogens is 550 g/mol. The van der Waals surface area contributed by atoms with Crippen LogP contribution >= 0.6 is 0 Å². The maximum absolute atomic E-state index is 12.1. The summed E-state index contributed by atoms with van der Waals surface area (Å²) in [6, 6.07) is 27.2. The fourth-order valence-corrected chi connectivity index (χ4v) is 4.59. The van der Waals surface area contributed by atoms with Gasteiger partial charge in [0.25, 0.3) is 0 Å². The summed E-state index contributed by atoms with van der Waals surface area (Å²) < 4.78 is 66.5. The molecule has 0 aliphatic rings. The van der Waals surface area contributed by atoms with Crippen molar-refractivity contribution in [2.45, 2.75) is 9.79 Å². The minimum atomic E-state index is -4.66. The molecule has 0 fully saturated rings. The molecule has 0 aliphatic heterocycles. The number of benzene rings is 4. The molecule has 0 N–H and O–H groups in total. The van der Waals surface area contributed by atoms with Gasteiger partial charge in [-0.05, 0) is 24.3 Å². The molecule has 0 aromatic heterocycles. The average molecular weight is 569 g/mol. The van der Waals surface area contributed by atoms with Gasteiger partial charge in [0.1, 0.15) is 20.2 Å². The summed E-state index contributed by atoms with van der Waals surface area (Å²) in [4.78, 5) is 23.2. The van der Waals surface area contributed by atoms with Crippen molar-refractivity contribution in [2.75, 3.05) is 0 Å². The van der Waals surface area contributed by atoms with E-state index in [1.165, 1.54) is 36.4 Å². The van der Waals surface area contributed by atoms with E-state index in [-0.39, 0.29) is 70.2 Å². The van der Waals surface area contributed by atoms with Crippen molar-refractivity contribution in [1.29, 1.82) is 0 Å². The van der Waals surface area contributed by atoms with Gasteiger partial charge in [-0.25, -0.2) is 16.8 Å². The van der Waals surface area contributed by atoms with Crippen LogP contribution in [-0.2, 0) is 20.2 Å². The van der Waals surface area contributed by atoms with Crippen LogP contribution < -0.4 is 59.1 Å². The predicted octanol–water partition coefficient (Wildman–Crippen LogP) is -2.35. The molecule has 184 valence electrons. The smallest absolute Gasteiger partial charge is 0.744 e. The molecule has 0 radical (unpaired) electrons. The molecule has 8 nitrogen and oxygen atoms in total. The van der Waals surface area contributed by atoms with Gasteiger partial charge in [0, 0.05) is 22.3 Å². The van der Waals surface area contributed by atoms with E-state index in [0.29, 0.717) is 11.1 Å². The Morgan fingerprint density at radius 1 is 0.447 bits per heavy atom. The van der Waals surface area contributed by atoms with Crippen molar-refractivity contribution in [3.63, 3.8) is 0 Å². The Morgan fingerprint density at radius 3 is 1.00 bits per heavy atom. The summed E-state index contributed by atoms with van der Waals surface area (Å²) in [6.45, 7) is 0. The normalized spacial score (nSPS) is 10.6. The molecule has 0 saturated heterocycles.